The molecule has 7 rings (SSSR count). The second-order valence-corrected chi connectivity index (χ2v) is 12.8. The fraction of sp³-hybridized carbons (Fsp3) is 0.429. The number of aliphatic imine (C=N–C) groups is 1. The number of nitrogens with two attached hydrogens (primary N) is 1. The van der Waals surface area contributed by atoms with Crippen molar-refractivity contribution in [1.29, 1.82) is 0 Å². The predicted octanol–water partition coefficient (Wildman–Crippen LogP) is 4.69. The summed E-state index contributed by atoms with van der Waals surface area (Å²) in [5.74, 6) is 1.62. The lowest BCUT2D eigenvalue weighted by Crippen LogP contribution is -2.52. The van der Waals surface area contributed by atoms with Crippen molar-refractivity contribution in [3.05, 3.63) is 83.6 Å². The number of aromatic nitrogens is 1. The van der Waals surface area contributed by atoms with E-state index in [1.165, 1.54) is 56.1 Å². The van der Waals surface area contributed by atoms with Crippen LogP contribution in [0.4, 0.5) is 15.8 Å². The van der Waals surface area contributed by atoms with Gasteiger partial charge >= 0.3 is 0 Å². The third-order valence-electron chi connectivity index (χ3n) is 9.71. The van der Waals surface area contributed by atoms with E-state index in [1.54, 1.807) is 37.8 Å². The molecule has 10 heteroatoms. The van der Waals surface area contributed by atoms with E-state index in [0.717, 1.165) is 43.2 Å². The highest BCUT2D eigenvalue weighted by Crippen LogP contribution is 2.48. The fourth-order valence-corrected chi connectivity index (χ4v) is 6.93. The zero-order valence-electron chi connectivity index (χ0n) is 26.2. The number of nitrogens with one attached hydrogen (secondary N) is 2. The van der Waals surface area contributed by atoms with Crippen molar-refractivity contribution >= 4 is 17.7 Å². The average molecular weight is 611 g/mol. The van der Waals surface area contributed by atoms with Crippen molar-refractivity contribution < 1.29 is 9.13 Å². The van der Waals surface area contributed by atoms with E-state index in [1.807, 2.05) is 18.2 Å². The van der Waals surface area contributed by atoms with Gasteiger partial charge in [0.15, 0.2) is 5.66 Å². The van der Waals surface area contributed by atoms with Gasteiger partial charge in [0.2, 0.25) is 0 Å². The maximum absolute atomic E-state index is 14.4. The number of hydrogen-bond donors (Lipinski definition) is 3. The number of piperazine rings is 1. The van der Waals surface area contributed by atoms with E-state index in [2.05, 4.69) is 49.5 Å². The molecule has 3 aliphatic heterocycles. The van der Waals surface area contributed by atoms with Gasteiger partial charge in [-0.05, 0) is 74.5 Å². The lowest BCUT2D eigenvalue weighted by molar-refractivity contribution is 0.0982. The maximum Gasteiger partial charge on any atom is 0.161 e. The highest BCUT2D eigenvalue weighted by Gasteiger charge is 2.36. The van der Waals surface area contributed by atoms with Gasteiger partial charge in [0, 0.05) is 86.2 Å². The SMILES string of the molecule is COc1cc(N2CCC(N3CCN(C)CC3)CC2)c(C2CC2)cc1C1(N)C=C(Nc2ccnc(-c3ccccc3F)c2)NC=N1. The van der Waals surface area contributed by atoms with Gasteiger partial charge in [0.1, 0.15) is 17.4 Å². The molecule has 9 nitrogen and oxygen atoms in total. The summed E-state index contributed by atoms with van der Waals surface area (Å²) in [5, 5.41) is 6.55. The van der Waals surface area contributed by atoms with Crippen molar-refractivity contribution in [2.24, 2.45) is 10.7 Å². The Labute approximate surface area is 265 Å². The number of benzene rings is 2. The highest BCUT2D eigenvalue weighted by molar-refractivity contribution is 5.70. The smallest absolute Gasteiger partial charge is 0.161 e. The van der Waals surface area contributed by atoms with Gasteiger partial charge in [-0.25, -0.2) is 9.38 Å². The third-order valence-corrected chi connectivity index (χ3v) is 9.71. The number of ether oxygens (including phenoxy) is 1. The van der Waals surface area contributed by atoms with Gasteiger partial charge in [-0.3, -0.25) is 15.6 Å². The Hall–Kier alpha value is -3.99. The summed E-state index contributed by atoms with van der Waals surface area (Å²) in [6, 6.07) is 15.4. The van der Waals surface area contributed by atoms with Crippen LogP contribution in [0, 0.1) is 5.82 Å². The Balaban J connectivity index is 1.13. The lowest BCUT2D eigenvalue weighted by atomic mass is 9.92. The minimum Gasteiger partial charge on any atom is -0.496 e. The molecule has 4 heterocycles. The highest BCUT2D eigenvalue weighted by atomic mass is 19.1. The van der Waals surface area contributed by atoms with Crippen LogP contribution in [0.25, 0.3) is 11.3 Å². The Bertz CT molecular complexity index is 1590. The molecule has 45 heavy (non-hydrogen) atoms. The number of pyridine rings is 1. The Morgan fingerprint density at radius 2 is 1.78 bits per heavy atom. The van der Waals surface area contributed by atoms with Crippen LogP contribution in [0.2, 0.25) is 0 Å². The van der Waals surface area contributed by atoms with Crippen molar-refractivity contribution in [1.82, 2.24) is 20.1 Å². The molecule has 236 valence electrons. The zero-order valence-corrected chi connectivity index (χ0v) is 26.2. The van der Waals surface area contributed by atoms with Crippen molar-refractivity contribution in [2.45, 2.75) is 43.3 Å². The van der Waals surface area contributed by atoms with Crippen LogP contribution in [0.5, 0.6) is 5.75 Å². The van der Waals surface area contributed by atoms with E-state index in [4.69, 9.17) is 15.5 Å². The topological polar surface area (TPSA) is 94.3 Å². The average Bonchev–Trinajstić information content (AvgIpc) is 3.91. The second kappa shape index (κ2) is 12.4. The van der Waals surface area contributed by atoms with Crippen molar-refractivity contribution in [2.75, 3.05) is 63.6 Å². The number of rotatable bonds is 8. The van der Waals surface area contributed by atoms with Gasteiger partial charge < -0.3 is 25.2 Å². The molecule has 4 aliphatic rings. The normalized spacial score (nSPS) is 23.0. The first kappa shape index (κ1) is 29.7. The Morgan fingerprint density at radius 1 is 1.00 bits per heavy atom. The summed E-state index contributed by atoms with van der Waals surface area (Å²) in [4.78, 5) is 16.8. The molecule has 1 saturated carbocycles. The van der Waals surface area contributed by atoms with Gasteiger partial charge in [0.25, 0.3) is 0 Å². The molecule has 3 aromatic rings. The minimum absolute atomic E-state index is 0.313. The van der Waals surface area contributed by atoms with Crippen molar-refractivity contribution in [3.8, 4) is 17.0 Å². The third kappa shape index (κ3) is 6.27. The van der Waals surface area contributed by atoms with E-state index in [0.29, 0.717) is 29.0 Å². The number of methoxy groups -OCH3 is 1. The van der Waals surface area contributed by atoms with Crippen LogP contribution >= 0.6 is 0 Å². The molecule has 1 aliphatic carbocycles. The fourth-order valence-electron chi connectivity index (χ4n) is 6.93. The first-order valence-electron chi connectivity index (χ1n) is 16.1. The number of hydrogen-bond acceptors (Lipinski definition) is 9. The second-order valence-electron chi connectivity index (χ2n) is 12.8. The summed E-state index contributed by atoms with van der Waals surface area (Å²) < 4.78 is 20.4. The molecule has 2 aromatic carbocycles. The first-order chi connectivity index (χ1) is 21.9. The number of halogens is 1. The largest absolute Gasteiger partial charge is 0.496 e. The van der Waals surface area contributed by atoms with Crippen LogP contribution in [0.1, 0.15) is 42.7 Å². The summed E-state index contributed by atoms with van der Waals surface area (Å²) in [6.07, 6.45) is 9.90. The van der Waals surface area contributed by atoms with E-state index in [9.17, 15) is 4.39 Å². The van der Waals surface area contributed by atoms with Crippen molar-refractivity contribution in [3.63, 3.8) is 0 Å². The van der Waals surface area contributed by atoms with Crippen LogP contribution in [-0.2, 0) is 5.66 Å². The number of anilines is 2. The number of likely N-dealkylation sites (N-methyl/N-ethyl adjacent to an activating group) is 1. The molecule has 0 spiro atoms. The molecule has 1 unspecified atom stereocenters. The van der Waals surface area contributed by atoms with E-state index >= 15 is 0 Å². The standard InChI is InChI=1S/C35H43FN8O/c1-42-15-17-43(18-16-42)26-10-13-44(14-11-26)32-21-33(45-2)29(20-28(32)24-7-8-24)35(37)22-34(39-23-40-35)41-25-9-12-38-31(19-25)27-5-3-4-6-30(27)36/h3-6,9,12,19-24,26H,7-8,10-11,13-18,37H2,1-2H3,(H,38,41)(H,39,40). The summed E-state index contributed by atoms with van der Waals surface area (Å²) in [6.45, 7) is 6.75. The molecule has 0 bridgehead atoms. The van der Waals surface area contributed by atoms with Gasteiger partial charge in [-0.1, -0.05) is 12.1 Å². The van der Waals surface area contributed by atoms with E-state index < -0.39 is 5.66 Å². The Kier molecular flexibility index (Phi) is 8.20. The number of nitrogens with zero attached hydrogens (tertiary/aromatic N) is 5. The summed E-state index contributed by atoms with van der Waals surface area (Å²) in [5.41, 5.74) is 11.1. The van der Waals surface area contributed by atoms with Crippen LogP contribution < -0.4 is 26.0 Å². The molecule has 1 aromatic heterocycles. The number of piperidine rings is 1. The van der Waals surface area contributed by atoms with Crippen LogP contribution in [0.3, 0.4) is 0 Å². The zero-order chi connectivity index (χ0) is 31.0. The van der Waals surface area contributed by atoms with Crippen LogP contribution in [0.15, 0.2) is 71.6 Å². The maximum atomic E-state index is 14.4. The minimum atomic E-state index is -1.14. The van der Waals surface area contributed by atoms with Crippen LogP contribution in [-0.4, -0.2) is 80.6 Å². The first-order valence-corrected chi connectivity index (χ1v) is 16.1. The van der Waals surface area contributed by atoms with Gasteiger partial charge in [-0.15, -0.1) is 0 Å². The quantitative estimate of drug-likeness (QED) is 0.339. The van der Waals surface area contributed by atoms with E-state index in [-0.39, 0.29) is 5.82 Å². The monoisotopic (exact) mass is 610 g/mol. The summed E-state index contributed by atoms with van der Waals surface area (Å²) in [7, 11) is 3.92. The molecule has 3 fully saturated rings. The molecular weight excluding hydrogens is 567 g/mol. The molecule has 1 atom stereocenters. The predicted molar refractivity (Wildman–Crippen MR) is 178 cm³/mol. The lowest BCUT2D eigenvalue weighted by Gasteiger charge is -2.43. The molecule has 0 radical (unpaired) electrons. The Morgan fingerprint density at radius 3 is 2.51 bits per heavy atom. The molecule has 2 saturated heterocycles. The molecule has 0 amide bonds. The van der Waals surface area contributed by atoms with Gasteiger partial charge in [0.05, 0.1) is 19.1 Å². The molecule has 4 N–H and O–H groups in total. The summed E-state index contributed by atoms with van der Waals surface area (Å²) >= 11 is 0. The van der Waals surface area contributed by atoms with Gasteiger partial charge in [-0.2, -0.15) is 0 Å². The molecular formula is C35H43FN8O.